The number of ketones is 1. The second-order valence-corrected chi connectivity index (χ2v) is 8.07. The molecule has 3 amide bonds. The molecule has 3 aromatic rings. The average Bonchev–Trinajstić information content (AvgIpc) is 3.30. The van der Waals surface area contributed by atoms with Crippen LogP contribution in [-0.4, -0.2) is 88.7 Å². The minimum Gasteiger partial charge on any atom is -0.358 e. The molecule has 1 aliphatic rings. The van der Waals surface area contributed by atoms with Gasteiger partial charge in [0.2, 0.25) is 0 Å². The van der Waals surface area contributed by atoms with Gasteiger partial charge in [-0.1, -0.05) is 29.8 Å². The van der Waals surface area contributed by atoms with Gasteiger partial charge in [-0.15, -0.1) is 0 Å². The summed E-state index contributed by atoms with van der Waals surface area (Å²) < 4.78 is 0. The molecule has 0 aliphatic carbocycles. The highest BCUT2D eigenvalue weighted by Gasteiger charge is 2.31. The molecule has 10 nitrogen and oxygen atoms in total. The Morgan fingerprint density at radius 1 is 1.03 bits per heavy atom. The normalized spacial score (nSPS) is 13.7. The first kappa shape index (κ1) is 23.4. The van der Waals surface area contributed by atoms with Crippen molar-refractivity contribution >= 4 is 46.1 Å². The van der Waals surface area contributed by atoms with E-state index >= 15 is 0 Å². The lowest BCUT2D eigenvalue weighted by Gasteiger charge is -2.34. The lowest BCUT2D eigenvalue weighted by molar-refractivity contribution is -0.127. The fraction of sp³-hybridized carbons (Fsp3) is 0.261. The Labute approximate surface area is 200 Å². The molecule has 176 valence electrons. The SMILES string of the molecule is CON(C)C(=O)c1cc(Cl)nc2c(C(=O)C(=O)N3CCN(C(=O)c4ccccc4)CC3)c[nH]c12. The summed E-state index contributed by atoms with van der Waals surface area (Å²) >= 11 is 6.09. The highest BCUT2D eigenvalue weighted by atomic mass is 35.5. The number of nitrogens with one attached hydrogen (secondary N) is 1. The summed E-state index contributed by atoms with van der Waals surface area (Å²) in [5.41, 5.74) is 1.13. The van der Waals surface area contributed by atoms with Crippen LogP contribution in [0.3, 0.4) is 0 Å². The minimum atomic E-state index is -0.776. The quantitative estimate of drug-likeness (QED) is 0.257. The zero-order chi connectivity index (χ0) is 24.4. The van der Waals surface area contributed by atoms with Gasteiger partial charge in [-0.25, -0.2) is 10.0 Å². The summed E-state index contributed by atoms with van der Waals surface area (Å²) in [5.74, 6) is -2.10. The summed E-state index contributed by atoms with van der Waals surface area (Å²) in [6.07, 6.45) is 1.34. The van der Waals surface area contributed by atoms with E-state index in [4.69, 9.17) is 16.4 Å². The minimum absolute atomic E-state index is 0.00510. The molecule has 3 heterocycles. The van der Waals surface area contributed by atoms with Crippen LogP contribution in [0.2, 0.25) is 5.15 Å². The molecule has 0 atom stereocenters. The Balaban J connectivity index is 1.51. The number of pyridine rings is 1. The van der Waals surface area contributed by atoms with E-state index in [1.165, 1.54) is 31.3 Å². The number of benzene rings is 1. The number of aromatic nitrogens is 2. The largest absolute Gasteiger partial charge is 0.358 e. The van der Waals surface area contributed by atoms with Crippen LogP contribution in [0.5, 0.6) is 0 Å². The number of piperazine rings is 1. The maximum absolute atomic E-state index is 13.0. The van der Waals surface area contributed by atoms with E-state index in [0.29, 0.717) is 18.7 Å². The number of rotatable bonds is 5. The third-order valence-corrected chi connectivity index (χ3v) is 5.90. The van der Waals surface area contributed by atoms with Crippen LogP contribution in [-0.2, 0) is 9.63 Å². The molecule has 0 spiro atoms. The highest BCUT2D eigenvalue weighted by molar-refractivity contribution is 6.45. The first-order valence-corrected chi connectivity index (χ1v) is 10.9. The second kappa shape index (κ2) is 9.62. The van der Waals surface area contributed by atoms with Gasteiger partial charge < -0.3 is 14.8 Å². The number of fused-ring (bicyclic) bond motifs is 1. The summed E-state index contributed by atoms with van der Waals surface area (Å²) in [6.45, 7) is 1.07. The first-order chi connectivity index (χ1) is 16.3. The van der Waals surface area contributed by atoms with Crippen molar-refractivity contribution in [3.8, 4) is 0 Å². The van der Waals surface area contributed by atoms with Crippen LogP contribution in [0.25, 0.3) is 11.0 Å². The van der Waals surface area contributed by atoms with E-state index in [9.17, 15) is 19.2 Å². The predicted molar refractivity (Wildman–Crippen MR) is 123 cm³/mol. The monoisotopic (exact) mass is 483 g/mol. The standard InChI is InChI=1S/C23H22ClN5O5/c1-27(34-2)22(32)15-12-17(24)26-19-16(13-25-18(15)19)20(30)23(33)29-10-8-28(9-11-29)21(31)14-6-4-3-5-7-14/h3-7,12-13,25H,8-11H2,1-2H3. The van der Waals surface area contributed by atoms with Crippen molar-refractivity contribution < 1.29 is 24.0 Å². The van der Waals surface area contributed by atoms with E-state index in [1.54, 1.807) is 29.2 Å². The van der Waals surface area contributed by atoms with Gasteiger partial charge in [0.05, 0.1) is 23.8 Å². The molecule has 0 bridgehead atoms. The van der Waals surface area contributed by atoms with Crippen LogP contribution in [0.4, 0.5) is 0 Å². The molecule has 0 radical (unpaired) electrons. The summed E-state index contributed by atoms with van der Waals surface area (Å²) in [5, 5.41) is 1.00. The van der Waals surface area contributed by atoms with Crippen molar-refractivity contribution in [2.75, 3.05) is 40.3 Å². The zero-order valence-corrected chi connectivity index (χ0v) is 19.3. The van der Waals surface area contributed by atoms with Gasteiger partial charge in [0.15, 0.2) is 0 Å². The third kappa shape index (κ3) is 4.37. The van der Waals surface area contributed by atoms with Crippen molar-refractivity contribution in [2.24, 2.45) is 0 Å². The van der Waals surface area contributed by atoms with Crippen LogP contribution >= 0.6 is 11.6 Å². The van der Waals surface area contributed by atoms with Gasteiger partial charge in [-0.2, -0.15) is 0 Å². The number of Topliss-reactive ketones (excluding diaryl/α,β-unsaturated/α-hetero) is 1. The predicted octanol–water partition coefficient (Wildman–Crippen LogP) is 2.02. The van der Waals surface area contributed by atoms with Gasteiger partial charge in [-0.3, -0.25) is 24.0 Å². The van der Waals surface area contributed by atoms with Crippen molar-refractivity contribution in [1.29, 1.82) is 0 Å². The zero-order valence-electron chi connectivity index (χ0n) is 18.6. The Morgan fingerprint density at radius 3 is 2.32 bits per heavy atom. The lowest BCUT2D eigenvalue weighted by Crippen LogP contribution is -2.52. The number of H-pyrrole nitrogens is 1. The average molecular weight is 484 g/mol. The van der Waals surface area contributed by atoms with E-state index in [0.717, 1.165) is 5.06 Å². The van der Waals surface area contributed by atoms with Crippen molar-refractivity contribution in [3.05, 3.63) is 64.4 Å². The Bertz CT molecular complexity index is 1270. The Kier molecular flexibility index (Phi) is 6.62. The summed E-state index contributed by atoms with van der Waals surface area (Å²) in [4.78, 5) is 66.2. The van der Waals surface area contributed by atoms with Crippen molar-refractivity contribution in [3.63, 3.8) is 0 Å². The number of nitrogens with zero attached hydrogens (tertiary/aromatic N) is 4. The molecule has 1 fully saturated rings. The van der Waals surface area contributed by atoms with Crippen LogP contribution in [0.15, 0.2) is 42.6 Å². The van der Waals surface area contributed by atoms with E-state index in [-0.39, 0.29) is 46.3 Å². The van der Waals surface area contributed by atoms with E-state index < -0.39 is 17.6 Å². The van der Waals surface area contributed by atoms with Gasteiger partial charge in [0.25, 0.3) is 23.5 Å². The molecule has 11 heteroatoms. The van der Waals surface area contributed by atoms with Crippen LogP contribution < -0.4 is 0 Å². The Hall–Kier alpha value is -3.76. The molecule has 1 aliphatic heterocycles. The van der Waals surface area contributed by atoms with E-state index in [1.807, 2.05) is 6.07 Å². The summed E-state index contributed by atoms with van der Waals surface area (Å²) in [6, 6.07) is 10.3. The number of carbonyl (C=O) groups excluding carboxylic acids is 4. The molecular weight excluding hydrogens is 462 g/mol. The number of carbonyl (C=O) groups is 4. The van der Waals surface area contributed by atoms with Gasteiger partial charge in [-0.05, 0) is 18.2 Å². The number of hydrogen-bond acceptors (Lipinski definition) is 6. The molecule has 34 heavy (non-hydrogen) atoms. The molecule has 4 rings (SSSR count). The van der Waals surface area contributed by atoms with E-state index in [2.05, 4.69) is 9.97 Å². The molecule has 1 N–H and O–H groups in total. The molecular formula is C23H22ClN5O5. The highest BCUT2D eigenvalue weighted by Crippen LogP contribution is 2.25. The van der Waals surface area contributed by atoms with Gasteiger partial charge in [0, 0.05) is 45.0 Å². The van der Waals surface area contributed by atoms with Crippen molar-refractivity contribution in [2.45, 2.75) is 0 Å². The molecule has 0 unspecified atom stereocenters. The van der Waals surface area contributed by atoms with Crippen LogP contribution in [0.1, 0.15) is 31.1 Å². The summed E-state index contributed by atoms with van der Waals surface area (Å²) in [7, 11) is 2.77. The number of amides is 3. The number of aromatic amines is 1. The van der Waals surface area contributed by atoms with Crippen LogP contribution in [0, 0.1) is 0 Å². The third-order valence-electron chi connectivity index (χ3n) is 5.71. The number of halogens is 1. The fourth-order valence-corrected chi connectivity index (χ4v) is 3.99. The molecule has 0 saturated carbocycles. The number of hydroxylamine groups is 2. The van der Waals surface area contributed by atoms with Crippen molar-refractivity contribution in [1.82, 2.24) is 24.8 Å². The Morgan fingerprint density at radius 2 is 1.68 bits per heavy atom. The smallest absolute Gasteiger partial charge is 0.295 e. The van der Waals surface area contributed by atoms with Gasteiger partial charge in [0.1, 0.15) is 10.7 Å². The lowest BCUT2D eigenvalue weighted by atomic mass is 10.1. The molecule has 2 aromatic heterocycles. The molecule has 1 aromatic carbocycles. The molecule has 1 saturated heterocycles. The first-order valence-electron chi connectivity index (χ1n) is 10.5. The number of hydrogen-bond donors (Lipinski definition) is 1. The van der Waals surface area contributed by atoms with Gasteiger partial charge >= 0.3 is 0 Å². The topological polar surface area (TPSA) is 116 Å². The fourth-order valence-electron chi connectivity index (χ4n) is 3.80. The maximum atomic E-state index is 13.0. The maximum Gasteiger partial charge on any atom is 0.295 e. The second-order valence-electron chi connectivity index (χ2n) is 7.68.